The second kappa shape index (κ2) is 17.8. The molecule has 0 aliphatic heterocycles. The zero-order valence-electron chi connectivity index (χ0n) is 21.7. The molecule has 1 nitrogen and oxygen atoms in total. The first-order valence-electron chi connectivity index (χ1n) is 13.3. The molecule has 0 bridgehead atoms. The van der Waals surface area contributed by atoms with Crippen molar-refractivity contribution in [3.05, 3.63) is 0 Å². The van der Waals surface area contributed by atoms with E-state index >= 15 is 0 Å². The van der Waals surface area contributed by atoms with Gasteiger partial charge in [0.1, 0.15) is 0 Å². The average molecular weight is 427 g/mol. The van der Waals surface area contributed by atoms with Crippen molar-refractivity contribution >= 4 is 8.32 Å². The molecule has 1 unspecified atom stereocenters. The summed E-state index contributed by atoms with van der Waals surface area (Å²) in [7, 11) is -1.52. The molecule has 0 radical (unpaired) electrons. The van der Waals surface area contributed by atoms with E-state index in [1.54, 1.807) is 0 Å². The van der Waals surface area contributed by atoms with Gasteiger partial charge in [0, 0.05) is 6.61 Å². The molecule has 0 aromatic carbocycles. The van der Waals surface area contributed by atoms with E-state index in [1.165, 1.54) is 109 Å². The first-order chi connectivity index (χ1) is 13.7. The summed E-state index contributed by atoms with van der Waals surface area (Å²) in [6, 6.07) is 0. The van der Waals surface area contributed by atoms with Crippen molar-refractivity contribution in [2.45, 2.75) is 162 Å². The second-order valence-corrected chi connectivity index (χ2v) is 16.1. The Balaban J connectivity index is 3.31. The normalized spacial score (nSPS) is 13.8. The molecule has 0 fully saturated rings. The summed E-state index contributed by atoms with van der Waals surface area (Å²) in [5.74, 6) is 0.953. The van der Waals surface area contributed by atoms with E-state index in [-0.39, 0.29) is 0 Å². The van der Waals surface area contributed by atoms with Crippen molar-refractivity contribution in [3.8, 4) is 0 Å². The summed E-state index contributed by atoms with van der Waals surface area (Å²) >= 11 is 0. The molecule has 176 valence electrons. The van der Waals surface area contributed by atoms with E-state index in [0.29, 0.717) is 5.04 Å². The Morgan fingerprint density at radius 1 is 0.621 bits per heavy atom. The maximum Gasteiger partial charge on any atom is 0.191 e. The molecule has 0 N–H and O–H groups in total. The van der Waals surface area contributed by atoms with Crippen LogP contribution in [0.15, 0.2) is 0 Å². The fraction of sp³-hybridized carbons (Fsp3) is 1.00. The molecule has 0 aromatic heterocycles. The Hall–Kier alpha value is 0.177. The highest BCUT2D eigenvalue weighted by molar-refractivity contribution is 6.74. The van der Waals surface area contributed by atoms with Gasteiger partial charge in [-0.25, -0.2) is 0 Å². The number of hydrogen-bond acceptors (Lipinski definition) is 1. The monoisotopic (exact) mass is 426 g/mol. The minimum Gasteiger partial charge on any atom is -0.417 e. The zero-order chi connectivity index (χ0) is 22.0. The molecule has 0 aromatic rings. The lowest BCUT2D eigenvalue weighted by Crippen LogP contribution is -2.40. The summed E-state index contributed by atoms with van der Waals surface area (Å²) in [6.07, 6.45) is 24.3. The molecular weight excluding hydrogens is 368 g/mol. The summed E-state index contributed by atoms with van der Waals surface area (Å²) < 4.78 is 6.27. The van der Waals surface area contributed by atoms with Crippen LogP contribution in [0.4, 0.5) is 0 Å². The van der Waals surface area contributed by atoms with Crippen molar-refractivity contribution in [1.29, 1.82) is 0 Å². The van der Waals surface area contributed by atoms with E-state index in [0.717, 1.165) is 12.5 Å². The molecule has 0 saturated heterocycles. The molecule has 0 heterocycles. The van der Waals surface area contributed by atoms with Gasteiger partial charge >= 0.3 is 0 Å². The van der Waals surface area contributed by atoms with Crippen molar-refractivity contribution in [2.24, 2.45) is 5.92 Å². The van der Waals surface area contributed by atoms with E-state index in [1.807, 2.05) is 0 Å². The average Bonchev–Trinajstić information content (AvgIpc) is 2.64. The van der Waals surface area contributed by atoms with Gasteiger partial charge in [-0.05, 0) is 30.5 Å². The zero-order valence-corrected chi connectivity index (χ0v) is 22.7. The van der Waals surface area contributed by atoms with Crippen LogP contribution in [-0.4, -0.2) is 14.9 Å². The second-order valence-electron chi connectivity index (χ2n) is 11.2. The third-order valence-corrected chi connectivity index (χ3v) is 11.7. The van der Waals surface area contributed by atoms with Crippen LogP contribution in [-0.2, 0) is 4.43 Å². The predicted octanol–water partition coefficient (Wildman–Crippen LogP) is 10.3. The van der Waals surface area contributed by atoms with Crippen molar-refractivity contribution in [2.75, 3.05) is 6.61 Å². The highest BCUT2D eigenvalue weighted by atomic mass is 28.4. The van der Waals surface area contributed by atoms with Crippen LogP contribution in [0.1, 0.15) is 144 Å². The lowest BCUT2D eigenvalue weighted by atomic mass is 9.96. The lowest BCUT2D eigenvalue weighted by Gasteiger charge is -2.36. The molecule has 0 saturated carbocycles. The largest absolute Gasteiger partial charge is 0.417 e. The maximum atomic E-state index is 6.27. The quantitative estimate of drug-likeness (QED) is 0.139. The molecule has 1 atom stereocenters. The van der Waals surface area contributed by atoms with E-state index < -0.39 is 8.32 Å². The van der Waals surface area contributed by atoms with Gasteiger partial charge in [-0.1, -0.05) is 137 Å². The third kappa shape index (κ3) is 17.5. The molecule has 2 heteroatoms. The van der Waals surface area contributed by atoms with Gasteiger partial charge in [-0.15, -0.1) is 0 Å². The minimum atomic E-state index is -1.52. The number of unbranched alkanes of at least 4 members (excludes halogenated alkanes) is 13. The Morgan fingerprint density at radius 3 is 1.41 bits per heavy atom. The highest BCUT2D eigenvalue weighted by Crippen LogP contribution is 2.36. The van der Waals surface area contributed by atoms with Crippen molar-refractivity contribution in [1.82, 2.24) is 0 Å². The van der Waals surface area contributed by atoms with Crippen LogP contribution in [0.5, 0.6) is 0 Å². The molecule has 0 aliphatic carbocycles. The van der Waals surface area contributed by atoms with Gasteiger partial charge < -0.3 is 4.43 Å². The van der Waals surface area contributed by atoms with Gasteiger partial charge in [-0.2, -0.15) is 0 Å². The van der Waals surface area contributed by atoms with Gasteiger partial charge in [0.2, 0.25) is 0 Å². The first-order valence-corrected chi connectivity index (χ1v) is 16.3. The molecular formula is C27H58OSi. The van der Waals surface area contributed by atoms with Gasteiger partial charge in [-0.3, -0.25) is 0 Å². The first kappa shape index (κ1) is 29.2. The lowest BCUT2D eigenvalue weighted by molar-refractivity contribution is 0.277. The van der Waals surface area contributed by atoms with Gasteiger partial charge in [0.25, 0.3) is 0 Å². The van der Waals surface area contributed by atoms with Crippen LogP contribution in [0.25, 0.3) is 0 Å². The van der Waals surface area contributed by atoms with E-state index in [2.05, 4.69) is 47.7 Å². The third-order valence-electron chi connectivity index (χ3n) is 7.16. The smallest absolute Gasteiger partial charge is 0.191 e. The van der Waals surface area contributed by atoms with Gasteiger partial charge in [0.05, 0.1) is 0 Å². The van der Waals surface area contributed by atoms with E-state index in [4.69, 9.17) is 4.43 Å². The van der Waals surface area contributed by atoms with Crippen LogP contribution in [0.2, 0.25) is 18.1 Å². The van der Waals surface area contributed by atoms with E-state index in [9.17, 15) is 0 Å². The highest BCUT2D eigenvalue weighted by Gasteiger charge is 2.36. The Morgan fingerprint density at radius 2 is 1.00 bits per heavy atom. The Bertz CT molecular complexity index is 345. The molecule has 0 aliphatic rings. The molecule has 0 spiro atoms. The van der Waals surface area contributed by atoms with Crippen LogP contribution in [0, 0.1) is 5.92 Å². The standard InChI is InChI=1S/C27H58OSi/c1-8-9-10-11-17-20-23-26(2)24-21-18-15-13-12-14-16-19-22-25-28-29(6,7)27(3,4)5/h26H,8-25H2,1-7H3. The fourth-order valence-corrected chi connectivity index (χ4v) is 4.88. The summed E-state index contributed by atoms with van der Waals surface area (Å²) in [5, 5.41) is 0.346. The minimum absolute atomic E-state index is 0.346. The van der Waals surface area contributed by atoms with Crippen molar-refractivity contribution < 1.29 is 4.43 Å². The maximum absolute atomic E-state index is 6.27. The van der Waals surface area contributed by atoms with Crippen LogP contribution in [0.3, 0.4) is 0 Å². The Labute approximate surface area is 187 Å². The molecule has 0 rings (SSSR count). The molecule has 29 heavy (non-hydrogen) atoms. The number of rotatable bonds is 20. The predicted molar refractivity (Wildman–Crippen MR) is 136 cm³/mol. The topological polar surface area (TPSA) is 9.23 Å². The molecule has 0 amide bonds. The number of hydrogen-bond donors (Lipinski definition) is 0. The Kier molecular flexibility index (Phi) is 17.9. The summed E-state index contributed by atoms with van der Waals surface area (Å²) in [5.41, 5.74) is 0. The van der Waals surface area contributed by atoms with Crippen LogP contribution < -0.4 is 0 Å². The SMILES string of the molecule is CCCCCCCCC(C)CCCCCCCCCCCO[Si](C)(C)C(C)(C)C. The fourth-order valence-electron chi connectivity index (χ4n) is 3.79. The summed E-state index contributed by atoms with van der Waals surface area (Å²) in [4.78, 5) is 0. The van der Waals surface area contributed by atoms with Crippen molar-refractivity contribution in [3.63, 3.8) is 0 Å². The van der Waals surface area contributed by atoms with Crippen LogP contribution >= 0.6 is 0 Å². The van der Waals surface area contributed by atoms with Gasteiger partial charge in [0.15, 0.2) is 8.32 Å². The summed E-state index contributed by atoms with van der Waals surface area (Å²) in [6.45, 7) is 17.5.